The fraction of sp³-hybridized carbons (Fsp3) is 0.462. The molecule has 0 fully saturated rings. The second kappa shape index (κ2) is 5.60. The average molecular weight is 287 g/mol. The summed E-state index contributed by atoms with van der Waals surface area (Å²) in [6.45, 7) is 0.193. The fourth-order valence-corrected chi connectivity index (χ4v) is 2.46. The molecule has 110 valence electrons. The van der Waals surface area contributed by atoms with E-state index < -0.39 is 17.9 Å². The highest BCUT2D eigenvalue weighted by atomic mass is 19.4. The molecule has 0 saturated heterocycles. The van der Waals surface area contributed by atoms with Crippen LogP contribution < -0.4 is 10.6 Å². The number of benzene rings is 1. The van der Waals surface area contributed by atoms with Gasteiger partial charge in [-0.3, -0.25) is 0 Å². The van der Waals surface area contributed by atoms with Crippen LogP contribution in [0.1, 0.15) is 12.0 Å². The number of nitrogens with zero attached hydrogens (tertiary/aromatic N) is 2. The molecule has 0 aromatic heterocycles. The minimum atomic E-state index is -4.54. The third-order valence-corrected chi connectivity index (χ3v) is 3.48. The third-order valence-electron chi connectivity index (χ3n) is 3.48. The van der Waals surface area contributed by atoms with Crippen LogP contribution in [0.15, 0.2) is 29.4 Å². The number of para-hydroxylation sites is 1. The molecule has 0 radical (unpaired) electrons. The number of oxime groups is 1. The number of rotatable bonds is 3. The SMILES string of the molecule is N/C(=N/O)C(CN1CCCc2ccccc21)C(F)(F)F. The normalized spacial score (nSPS) is 17.8. The number of halogens is 3. The zero-order valence-corrected chi connectivity index (χ0v) is 10.8. The van der Waals surface area contributed by atoms with Crippen LogP contribution in [0.3, 0.4) is 0 Å². The maximum Gasteiger partial charge on any atom is 0.400 e. The molecule has 2 rings (SSSR count). The molecule has 0 amide bonds. The van der Waals surface area contributed by atoms with Crippen LogP contribution in [0.4, 0.5) is 18.9 Å². The van der Waals surface area contributed by atoms with Gasteiger partial charge in [-0.15, -0.1) is 0 Å². The first-order valence-electron chi connectivity index (χ1n) is 6.30. The Hall–Kier alpha value is -1.92. The Bertz CT molecular complexity index is 502. The monoisotopic (exact) mass is 287 g/mol. The van der Waals surface area contributed by atoms with Crippen LogP contribution in [0, 0.1) is 5.92 Å². The molecule has 0 spiro atoms. The molecule has 0 bridgehead atoms. The lowest BCUT2D eigenvalue weighted by Crippen LogP contribution is -2.45. The lowest BCUT2D eigenvalue weighted by atomic mass is 9.99. The van der Waals surface area contributed by atoms with Gasteiger partial charge in [-0.2, -0.15) is 13.2 Å². The number of anilines is 1. The summed E-state index contributed by atoms with van der Waals surface area (Å²) in [5.74, 6) is -2.78. The van der Waals surface area contributed by atoms with E-state index in [0.717, 1.165) is 24.1 Å². The minimum Gasteiger partial charge on any atom is -0.409 e. The van der Waals surface area contributed by atoms with Gasteiger partial charge in [0.05, 0.1) is 0 Å². The van der Waals surface area contributed by atoms with Gasteiger partial charge < -0.3 is 15.8 Å². The van der Waals surface area contributed by atoms with Gasteiger partial charge in [-0.05, 0) is 24.5 Å². The smallest absolute Gasteiger partial charge is 0.400 e. The van der Waals surface area contributed by atoms with Crippen molar-refractivity contribution in [1.29, 1.82) is 0 Å². The highest BCUT2D eigenvalue weighted by Crippen LogP contribution is 2.32. The molecule has 1 aromatic carbocycles. The Morgan fingerprint density at radius 3 is 2.75 bits per heavy atom. The summed E-state index contributed by atoms with van der Waals surface area (Å²) in [5, 5.41) is 11.1. The van der Waals surface area contributed by atoms with Crippen molar-refractivity contribution < 1.29 is 18.4 Å². The van der Waals surface area contributed by atoms with Gasteiger partial charge in [0, 0.05) is 18.8 Å². The molecule has 4 nitrogen and oxygen atoms in total. The van der Waals surface area contributed by atoms with Crippen molar-refractivity contribution in [3.05, 3.63) is 29.8 Å². The van der Waals surface area contributed by atoms with E-state index >= 15 is 0 Å². The Kier molecular flexibility index (Phi) is 4.06. The van der Waals surface area contributed by atoms with Crippen LogP contribution in [0.2, 0.25) is 0 Å². The molecule has 1 atom stereocenters. The van der Waals surface area contributed by atoms with E-state index in [0.29, 0.717) is 6.54 Å². The van der Waals surface area contributed by atoms with Gasteiger partial charge in [0.1, 0.15) is 5.92 Å². The molecule has 1 unspecified atom stereocenters. The molecule has 20 heavy (non-hydrogen) atoms. The average Bonchev–Trinajstić information content (AvgIpc) is 2.42. The second-order valence-corrected chi connectivity index (χ2v) is 4.80. The summed E-state index contributed by atoms with van der Waals surface area (Å²) < 4.78 is 39.0. The fourth-order valence-electron chi connectivity index (χ4n) is 2.46. The second-order valence-electron chi connectivity index (χ2n) is 4.80. The molecular formula is C13H16F3N3O. The molecule has 1 aromatic rings. The van der Waals surface area contributed by atoms with Gasteiger partial charge in [0.15, 0.2) is 5.84 Å². The molecular weight excluding hydrogens is 271 g/mol. The number of amidine groups is 1. The van der Waals surface area contributed by atoms with Crippen molar-refractivity contribution in [1.82, 2.24) is 0 Å². The van der Waals surface area contributed by atoms with E-state index in [1.807, 2.05) is 12.1 Å². The number of nitrogens with two attached hydrogens (primary N) is 1. The van der Waals surface area contributed by atoms with Gasteiger partial charge in [-0.25, -0.2) is 0 Å². The minimum absolute atomic E-state index is 0.337. The molecule has 1 aliphatic rings. The number of hydrogen-bond acceptors (Lipinski definition) is 3. The number of fused-ring (bicyclic) bond motifs is 1. The quantitative estimate of drug-likeness (QED) is 0.388. The highest BCUT2D eigenvalue weighted by molar-refractivity contribution is 5.83. The molecule has 0 saturated carbocycles. The van der Waals surface area contributed by atoms with Crippen molar-refractivity contribution in [2.75, 3.05) is 18.0 Å². The number of alkyl halides is 3. The summed E-state index contributed by atoms with van der Waals surface area (Å²) in [6.07, 6.45) is -2.90. The molecule has 1 heterocycles. The third kappa shape index (κ3) is 2.97. The first kappa shape index (κ1) is 14.5. The largest absolute Gasteiger partial charge is 0.409 e. The maximum absolute atomic E-state index is 13.0. The molecule has 3 N–H and O–H groups in total. The predicted molar refractivity (Wildman–Crippen MR) is 69.9 cm³/mol. The number of aryl methyl sites for hydroxylation is 1. The van der Waals surface area contributed by atoms with E-state index in [1.54, 1.807) is 17.0 Å². The zero-order chi connectivity index (χ0) is 14.8. The van der Waals surface area contributed by atoms with Crippen LogP contribution in [-0.4, -0.2) is 30.3 Å². The van der Waals surface area contributed by atoms with Gasteiger partial charge in [0.2, 0.25) is 0 Å². The van der Waals surface area contributed by atoms with Crippen molar-refractivity contribution >= 4 is 11.5 Å². The first-order valence-corrected chi connectivity index (χ1v) is 6.30. The zero-order valence-electron chi connectivity index (χ0n) is 10.8. The highest BCUT2D eigenvalue weighted by Gasteiger charge is 2.44. The predicted octanol–water partition coefficient (Wildman–Crippen LogP) is 2.36. The van der Waals surface area contributed by atoms with Crippen LogP contribution in [0.5, 0.6) is 0 Å². The summed E-state index contributed by atoms with van der Waals surface area (Å²) in [7, 11) is 0. The standard InChI is InChI=1S/C13H16F3N3O/c14-13(15,16)10(12(17)18-20)8-19-7-3-5-9-4-1-2-6-11(9)19/h1-2,4,6,10,20H,3,5,7-8H2,(H2,17,18). The lowest BCUT2D eigenvalue weighted by Gasteiger charge is -2.34. The van der Waals surface area contributed by atoms with Crippen molar-refractivity contribution in [3.63, 3.8) is 0 Å². The topological polar surface area (TPSA) is 61.9 Å². The molecule has 1 aliphatic heterocycles. The van der Waals surface area contributed by atoms with Gasteiger partial charge in [0.25, 0.3) is 0 Å². The first-order chi connectivity index (χ1) is 9.43. The Balaban J connectivity index is 2.25. The Morgan fingerprint density at radius 2 is 2.10 bits per heavy atom. The lowest BCUT2D eigenvalue weighted by molar-refractivity contribution is -0.153. The van der Waals surface area contributed by atoms with E-state index in [2.05, 4.69) is 5.16 Å². The van der Waals surface area contributed by atoms with E-state index in [9.17, 15) is 13.2 Å². The van der Waals surface area contributed by atoms with E-state index in [-0.39, 0.29) is 6.54 Å². The van der Waals surface area contributed by atoms with Crippen molar-refractivity contribution in [2.45, 2.75) is 19.0 Å². The van der Waals surface area contributed by atoms with E-state index in [4.69, 9.17) is 10.9 Å². The van der Waals surface area contributed by atoms with Gasteiger partial charge >= 0.3 is 6.18 Å². The Morgan fingerprint density at radius 1 is 1.40 bits per heavy atom. The Labute approximate surface area is 114 Å². The summed E-state index contributed by atoms with van der Waals surface area (Å²) in [6, 6.07) is 7.37. The van der Waals surface area contributed by atoms with E-state index in [1.165, 1.54) is 0 Å². The van der Waals surface area contributed by atoms with Crippen LogP contribution in [-0.2, 0) is 6.42 Å². The van der Waals surface area contributed by atoms with Crippen molar-refractivity contribution in [3.8, 4) is 0 Å². The van der Waals surface area contributed by atoms with Crippen LogP contribution in [0.25, 0.3) is 0 Å². The molecule has 7 heteroatoms. The molecule has 0 aliphatic carbocycles. The van der Waals surface area contributed by atoms with Gasteiger partial charge in [-0.1, -0.05) is 23.4 Å². The summed E-state index contributed by atoms with van der Waals surface area (Å²) in [5.41, 5.74) is 7.01. The summed E-state index contributed by atoms with van der Waals surface area (Å²) >= 11 is 0. The van der Waals surface area contributed by atoms with Crippen LogP contribution >= 0.6 is 0 Å². The maximum atomic E-state index is 13.0. The summed E-state index contributed by atoms with van der Waals surface area (Å²) in [4.78, 5) is 1.65. The number of hydrogen-bond donors (Lipinski definition) is 2. The van der Waals surface area contributed by atoms with Crippen molar-refractivity contribution in [2.24, 2.45) is 16.8 Å².